The van der Waals surface area contributed by atoms with Gasteiger partial charge >= 0.3 is 11.9 Å². The number of nitrogens with zero attached hydrogens (tertiary/aromatic N) is 3. The predicted molar refractivity (Wildman–Crippen MR) is 124 cm³/mol. The molecule has 0 spiro atoms. The van der Waals surface area contributed by atoms with Crippen LogP contribution in [0, 0.1) is 0 Å². The number of thioether (sulfide) groups is 1. The number of ether oxygens (including phenoxy) is 1. The summed E-state index contributed by atoms with van der Waals surface area (Å²) in [5.41, 5.74) is -0.111. The third-order valence-electron chi connectivity index (χ3n) is 4.92. The van der Waals surface area contributed by atoms with Gasteiger partial charge in [0.05, 0.1) is 12.2 Å². The molecule has 0 amide bonds. The fraction of sp³-hybridized carbons (Fsp3) is 0.217. The highest BCUT2D eigenvalue weighted by atomic mass is 32.2. The van der Waals surface area contributed by atoms with E-state index in [1.54, 1.807) is 16.7 Å². The van der Waals surface area contributed by atoms with Crippen molar-refractivity contribution < 1.29 is 17.9 Å². The number of aromatic nitrogens is 5. The summed E-state index contributed by atoms with van der Waals surface area (Å²) in [6.45, 7) is 2.39. The molecule has 12 heteroatoms. The lowest BCUT2D eigenvalue weighted by Gasteiger charge is -2.12. The average molecular weight is 504 g/mol. The lowest BCUT2D eigenvalue weighted by molar-refractivity contribution is -0.137. The topological polar surface area (TPSA) is 106 Å². The Balaban J connectivity index is 1.64. The van der Waals surface area contributed by atoms with Crippen molar-refractivity contribution in [3.05, 3.63) is 98.1 Å². The van der Waals surface area contributed by atoms with E-state index in [2.05, 4.69) is 20.2 Å². The van der Waals surface area contributed by atoms with Crippen molar-refractivity contribution in [3.63, 3.8) is 0 Å². The second-order valence-corrected chi connectivity index (χ2v) is 8.38. The molecule has 0 aliphatic heterocycles. The number of aromatic amines is 2. The maximum atomic E-state index is 12.8. The van der Waals surface area contributed by atoms with Crippen LogP contribution >= 0.6 is 11.8 Å². The van der Waals surface area contributed by atoms with Crippen molar-refractivity contribution in [3.8, 4) is 11.4 Å². The Labute approximate surface area is 201 Å². The quantitative estimate of drug-likeness (QED) is 0.353. The molecule has 2 N–H and O–H groups in total. The number of H-pyrrole nitrogens is 2. The van der Waals surface area contributed by atoms with E-state index in [1.165, 1.54) is 30.0 Å². The first kappa shape index (κ1) is 24.3. The molecule has 4 rings (SSSR count). The van der Waals surface area contributed by atoms with Crippen LogP contribution < -0.4 is 16.0 Å². The van der Waals surface area contributed by atoms with Crippen LogP contribution in [0.2, 0.25) is 0 Å². The molecule has 0 saturated carbocycles. The van der Waals surface area contributed by atoms with E-state index in [0.29, 0.717) is 40.3 Å². The zero-order valence-corrected chi connectivity index (χ0v) is 19.2. The van der Waals surface area contributed by atoms with Crippen molar-refractivity contribution >= 4 is 11.8 Å². The van der Waals surface area contributed by atoms with Gasteiger partial charge in [-0.15, -0.1) is 10.2 Å². The molecule has 8 nitrogen and oxygen atoms in total. The predicted octanol–water partition coefficient (Wildman–Crippen LogP) is 3.94. The molecule has 0 atom stereocenters. The van der Waals surface area contributed by atoms with Crippen LogP contribution in [0.4, 0.5) is 13.2 Å². The number of nitrogens with one attached hydrogen (secondary N) is 2. The highest BCUT2D eigenvalue weighted by Crippen LogP contribution is 2.31. The Hall–Kier alpha value is -3.80. The van der Waals surface area contributed by atoms with E-state index in [0.717, 1.165) is 17.8 Å². The summed E-state index contributed by atoms with van der Waals surface area (Å²) in [5, 5.41) is 8.99. The van der Waals surface area contributed by atoms with Gasteiger partial charge in [-0.3, -0.25) is 14.3 Å². The molecule has 0 aliphatic carbocycles. The first-order chi connectivity index (χ1) is 16.7. The highest BCUT2D eigenvalue weighted by Gasteiger charge is 2.30. The Morgan fingerprint density at radius 1 is 1.00 bits per heavy atom. The van der Waals surface area contributed by atoms with E-state index in [1.807, 2.05) is 19.1 Å². The molecular formula is C23H20F3N5O3S. The molecule has 0 radical (unpaired) electrons. The van der Waals surface area contributed by atoms with E-state index >= 15 is 0 Å². The van der Waals surface area contributed by atoms with E-state index < -0.39 is 23.0 Å². The number of hydrogen-bond donors (Lipinski definition) is 2. The first-order valence-electron chi connectivity index (χ1n) is 10.5. The third-order valence-corrected chi connectivity index (χ3v) is 5.92. The Kier molecular flexibility index (Phi) is 7.10. The summed E-state index contributed by atoms with van der Waals surface area (Å²) in [6.07, 6.45) is -4.27. The monoisotopic (exact) mass is 503 g/mol. The Morgan fingerprint density at radius 2 is 1.71 bits per heavy atom. The van der Waals surface area contributed by atoms with Crippen LogP contribution in [0.5, 0.6) is 5.75 Å². The summed E-state index contributed by atoms with van der Waals surface area (Å²) in [7, 11) is 0. The van der Waals surface area contributed by atoms with Gasteiger partial charge in [0, 0.05) is 29.6 Å². The lowest BCUT2D eigenvalue weighted by Crippen LogP contribution is -2.23. The van der Waals surface area contributed by atoms with Crippen molar-refractivity contribution in [2.75, 3.05) is 6.61 Å². The van der Waals surface area contributed by atoms with Crippen LogP contribution in [0.25, 0.3) is 5.69 Å². The van der Waals surface area contributed by atoms with Gasteiger partial charge in [0.1, 0.15) is 11.6 Å². The maximum absolute atomic E-state index is 12.8. The molecule has 0 fully saturated rings. The standard InChI is InChI=1S/C23H20F3N5O3S/c1-2-34-18-9-7-17(8-10-18)31-19(11-16-12-20(32)28-21(33)27-16)29-30-22(31)35-13-14-3-5-15(6-4-14)23(24,25)26/h3-10,12H,2,11,13H2,1H3,(H2,27,28,32,33). The van der Waals surface area contributed by atoms with Gasteiger partial charge in [-0.1, -0.05) is 23.9 Å². The van der Waals surface area contributed by atoms with Crippen LogP contribution in [-0.2, 0) is 18.3 Å². The smallest absolute Gasteiger partial charge is 0.416 e. The van der Waals surface area contributed by atoms with Crippen LogP contribution in [0.3, 0.4) is 0 Å². The summed E-state index contributed by atoms with van der Waals surface area (Å²) < 4.78 is 45.8. The molecule has 0 unspecified atom stereocenters. The Morgan fingerprint density at radius 3 is 2.34 bits per heavy atom. The Bertz CT molecular complexity index is 1380. The zero-order chi connectivity index (χ0) is 25.0. The second kappa shape index (κ2) is 10.2. The number of hydrogen-bond acceptors (Lipinski definition) is 6. The molecule has 0 saturated heterocycles. The van der Waals surface area contributed by atoms with Crippen molar-refractivity contribution in [2.24, 2.45) is 0 Å². The summed E-state index contributed by atoms with van der Waals surface area (Å²) >= 11 is 1.30. The summed E-state index contributed by atoms with van der Waals surface area (Å²) in [6, 6.07) is 13.4. The van der Waals surface area contributed by atoms with Crippen molar-refractivity contribution in [1.82, 2.24) is 24.7 Å². The van der Waals surface area contributed by atoms with E-state index in [-0.39, 0.29) is 6.42 Å². The molecule has 2 aromatic heterocycles. The normalized spacial score (nSPS) is 11.5. The fourth-order valence-corrected chi connectivity index (χ4v) is 4.28. The first-order valence-corrected chi connectivity index (χ1v) is 11.5. The molecule has 4 aromatic rings. The van der Waals surface area contributed by atoms with Crippen LogP contribution in [0.15, 0.2) is 69.3 Å². The minimum Gasteiger partial charge on any atom is -0.494 e. The third kappa shape index (κ3) is 6.01. The molecule has 0 bridgehead atoms. The fourth-order valence-electron chi connectivity index (χ4n) is 3.35. The molecule has 0 aliphatic rings. The van der Waals surface area contributed by atoms with Crippen LogP contribution in [-0.4, -0.2) is 31.3 Å². The molecule has 35 heavy (non-hydrogen) atoms. The second-order valence-electron chi connectivity index (χ2n) is 7.43. The van der Waals surface area contributed by atoms with Gasteiger partial charge in [-0.05, 0) is 48.9 Å². The SMILES string of the molecule is CCOc1ccc(-n2c(Cc3cc(=O)[nH]c(=O)[nH]3)nnc2SCc2ccc(C(F)(F)F)cc2)cc1. The van der Waals surface area contributed by atoms with Gasteiger partial charge in [-0.25, -0.2) is 4.79 Å². The number of rotatable bonds is 8. The largest absolute Gasteiger partial charge is 0.494 e. The van der Waals surface area contributed by atoms with E-state index in [4.69, 9.17) is 4.74 Å². The minimum absolute atomic E-state index is 0.125. The van der Waals surface area contributed by atoms with Crippen molar-refractivity contribution in [2.45, 2.75) is 30.4 Å². The molecule has 182 valence electrons. The number of alkyl halides is 3. The molecular weight excluding hydrogens is 483 g/mol. The zero-order valence-electron chi connectivity index (χ0n) is 18.4. The summed E-state index contributed by atoms with van der Waals surface area (Å²) in [4.78, 5) is 28.1. The molecule has 2 aromatic carbocycles. The highest BCUT2D eigenvalue weighted by molar-refractivity contribution is 7.98. The van der Waals surface area contributed by atoms with Gasteiger partial charge < -0.3 is 9.72 Å². The lowest BCUT2D eigenvalue weighted by atomic mass is 10.1. The van der Waals surface area contributed by atoms with Gasteiger partial charge in [0.25, 0.3) is 5.56 Å². The van der Waals surface area contributed by atoms with Gasteiger partial charge in [0.15, 0.2) is 5.16 Å². The van der Waals surface area contributed by atoms with Gasteiger partial charge in [-0.2, -0.15) is 13.2 Å². The number of halogens is 3. The van der Waals surface area contributed by atoms with Crippen molar-refractivity contribution in [1.29, 1.82) is 0 Å². The minimum atomic E-state index is -4.39. The van der Waals surface area contributed by atoms with E-state index in [9.17, 15) is 22.8 Å². The van der Waals surface area contributed by atoms with Gasteiger partial charge in [0.2, 0.25) is 0 Å². The maximum Gasteiger partial charge on any atom is 0.416 e. The van der Waals surface area contributed by atoms with Crippen LogP contribution in [0.1, 0.15) is 29.6 Å². The number of benzene rings is 2. The summed E-state index contributed by atoms with van der Waals surface area (Å²) in [5.74, 6) is 1.50. The average Bonchev–Trinajstić information content (AvgIpc) is 3.19. The molecule has 2 heterocycles.